The van der Waals surface area contributed by atoms with Gasteiger partial charge in [0.15, 0.2) is 29.0 Å². The molecule has 3 rings (SSSR count). The van der Waals surface area contributed by atoms with Gasteiger partial charge in [0, 0.05) is 6.07 Å². The van der Waals surface area contributed by atoms with Crippen LogP contribution in [0.1, 0.15) is 11.1 Å². The summed E-state index contributed by atoms with van der Waals surface area (Å²) in [6, 6.07) is 1.11. The lowest BCUT2D eigenvalue weighted by Crippen LogP contribution is -2.01. The summed E-state index contributed by atoms with van der Waals surface area (Å²) in [5.74, 6) is 3.34. The van der Waals surface area contributed by atoms with Gasteiger partial charge in [-0.15, -0.1) is 0 Å². The van der Waals surface area contributed by atoms with Crippen LogP contribution in [-0.4, -0.2) is 35.9 Å². The molecule has 0 saturated heterocycles. The average Bonchev–Trinajstić information content (AvgIpc) is 2.94. The van der Waals surface area contributed by atoms with Crippen molar-refractivity contribution in [3.05, 3.63) is 39.6 Å². The van der Waals surface area contributed by atoms with E-state index in [4.69, 9.17) is 19.9 Å². The van der Waals surface area contributed by atoms with E-state index < -0.39 is 17.2 Å². The SMILES string of the molecule is COc1cc(OC)c(F)c(C#Cc2c(Br)c(OC)n3ncnc(N)c23)c1F. The van der Waals surface area contributed by atoms with Gasteiger partial charge in [0.2, 0.25) is 5.88 Å². The number of anilines is 1. The molecule has 140 valence electrons. The van der Waals surface area contributed by atoms with E-state index in [1.54, 1.807) is 0 Å². The molecule has 1 aromatic carbocycles. The van der Waals surface area contributed by atoms with Gasteiger partial charge < -0.3 is 19.9 Å². The molecule has 0 bridgehead atoms. The van der Waals surface area contributed by atoms with E-state index in [0.717, 1.165) is 6.07 Å². The summed E-state index contributed by atoms with van der Waals surface area (Å²) in [7, 11) is 3.95. The van der Waals surface area contributed by atoms with Gasteiger partial charge in [-0.05, 0) is 15.9 Å². The number of benzene rings is 1. The van der Waals surface area contributed by atoms with Crippen LogP contribution in [0.3, 0.4) is 0 Å². The van der Waals surface area contributed by atoms with Crippen LogP contribution in [0.2, 0.25) is 0 Å². The van der Waals surface area contributed by atoms with E-state index in [2.05, 4.69) is 37.9 Å². The van der Waals surface area contributed by atoms with Crippen LogP contribution in [0.5, 0.6) is 17.4 Å². The van der Waals surface area contributed by atoms with Crippen molar-refractivity contribution < 1.29 is 23.0 Å². The van der Waals surface area contributed by atoms with Crippen LogP contribution >= 0.6 is 15.9 Å². The van der Waals surface area contributed by atoms with Crippen molar-refractivity contribution in [1.29, 1.82) is 0 Å². The van der Waals surface area contributed by atoms with E-state index in [-0.39, 0.29) is 17.3 Å². The third-order valence-electron chi connectivity index (χ3n) is 3.73. The van der Waals surface area contributed by atoms with Crippen molar-refractivity contribution in [2.75, 3.05) is 27.1 Å². The molecule has 0 atom stereocenters. The number of aromatic nitrogens is 3. The maximum Gasteiger partial charge on any atom is 0.231 e. The number of ether oxygens (including phenoxy) is 3. The molecular formula is C17H13BrF2N4O3. The largest absolute Gasteiger partial charge is 0.493 e. The predicted molar refractivity (Wildman–Crippen MR) is 97.1 cm³/mol. The molecular weight excluding hydrogens is 426 g/mol. The fourth-order valence-electron chi connectivity index (χ4n) is 2.47. The van der Waals surface area contributed by atoms with Crippen LogP contribution in [-0.2, 0) is 0 Å². The highest BCUT2D eigenvalue weighted by Crippen LogP contribution is 2.36. The molecule has 2 aromatic heterocycles. The highest BCUT2D eigenvalue weighted by molar-refractivity contribution is 9.10. The maximum atomic E-state index is 14.5. The smallest absolute Gasteiger partial charge is 0.231 e. The van der Waals surface area contributed by atoms with Crippen molar-refractivity contribution in [2.45, 2.75) is 0 Å². The second-order valence-corrected chi connectivity index (χ2v) is 5.93. The Bertz CT molecular complexity index is 1080. The standard InChI is InChI=1S/C17H13BrF2N4O3/c1-25-10-6-11(26-2)14(20)9(13(10)19)5-4-8-12(18)17(27-3)24-15(8)16(21)22-7-23-24/h6-7H,1-3H3,(H2,21,22,23). The van der Waals surface area contributed by atoms with Crippen molar-refractivity contribution >= 4 is 27.3 Å². The molecule has 0 unspecified atom stereocenters. The van der Waals surface area contributed by atoms with Gasteiger partial charge in [0.25, 0.3) is 0 Å². The first-order valence-corrected chi connectivity index (χ1v) is 8.20. The number of methoxy groups -OCH3 is 3. The first kappa shape index (κ1) is 18.7. The number of hydrogen-bond acceptors (Lipinski definition) is 6. The Balaban J connectivity index is 2.28. The van der Waals surface area contributed by atoms with Crippen molar-refractivity contribution in [3.63, 3.8) is 0 Å². The molecule has 0 amide bonds. The van der Waals surface area contributed by atoms with Crippen LogP contribution in [0.15, 0.2) is 16.9 Å². The van der Waals surface area contributed by atoms with Crippen LogP contribution in [0, 0.1) is 23.5 Å². The molecule has 0 fully saturated rings. The van der Waals surface area contributed by atoms with Gasteiger partial charge >= 0.3 is 0 Å². The number of fused-ring (bicyclic) bond motifs is 1. The molecule has 2 heterocycles. The summed E-state index contributed by atoms with van der Waals surface area (Å²) in [6.45, 7) is 0. The Morgan fingerprint density at radius 1 is 1.04 bits per heavy atom. The summed E-state index contributed by atoms with van der Waals surface area (Å²) in [4.78, 5) is 3.92. The third-order valence-corrected chi connectivity index (χ3v) is 4.47. The molecule has 2 N–H and O–H groups in total. The summed E-state index contributed by atoms with van der Waals surface area (Å²) < 4.78 is 45.9. The predicted octanol–water partition coefficient (Wildman–Crippen LogP) is 2.78. The van der Waals surface area contributed by atoms with Gasteiger partial charge in [0.1, 0.15) is 17.4 Å². The first-order valence-electron chi connectivity index (χ1n) is 7.41. The van der Waals surface area contributed by atoms with E-state index >= 15 is 0 Å². The van der Waals surface area contributed by atoms with Gasteiger partial charge in [-0.25, -0.2) is 13.8 Å². The normalized spacial score (nSPS) is 10.4. The lowest BCUT2D eigenvalue weighted by Gasteiger charge is -2.08. The summed E-state index contributed by atoms with van der Waals surface area (Å²) >= 11 is 3.35. The van der Waals surface area contributed by atoms with E-state index in [1.807, 2.05) is 0 Å². The Morgan fingerprint density at radius 2 is 1.63 bits per heavy atom. The molecule has 0 aliphatic rings. The molecule has 0 aliphatic carbocycles. The minimum atomic E-state index is -0.945. The van der Waals surface area contributed by atoms with Crippen LogP contribution in [0.4, 0.5) is 14.6 Å². The van der Waals surface area contributed by atoms with Gasteiger partial charge in [-0.2, -0.15) is 9.61 Å². The highest BCUT2D eigenvalue weighted by atomic mass is 79.9. The van der Waals surface area contributed by atoms with Crippen LogP contribution < -0.4 is 19.9 Å². The molecule has 3 aromatic rings. The summed E-state index contributed by atoms with van der Waals surface area (Å²) in [5, 5.41) is 4.05. The number of nitrogens with zero attached hydrogens (tertiary/aromatic N) is 3. The Labute approximate surface area is 161 Å². The number of nitrogen functional groups attached to an aromatic ring is 1. The lowest BCUT2D eigenvalue weighted by atomic mass is 10.1. The number of rotatable bonds is 3. The monoisotopic (exact) mass is 438 g/mol. The zero-order valence-electron chi connectivity index (χ0n) is 14.4. The van der Waals surface area contributed by atoms with E-state index in [0.29, 0.717) is 21.4 Å². The third kappa shape index (κ3) is 3.00. The zero-order chi connectivity index (χ0) is 19.7. The second kappa shape index (κ2) is 7.28. The average molecular weight is 439 g/mol. The van der Waals surface area contributed by atoms with Crippen molar-refractivity contribution in [3.8, 4) is 29.2 Å². The number of halogens is 3. The fourth-order valence-corrected chi connectivity index (χ4v) is 3.09. The highest BCUT2D eigenvalue weighted by Gasteiger charge is 2.21. The maximum absolute atomic E-state index is 14.5. The van der Waals surface area contributed by atoms with Crippen molar-refractivity contribution in [2.24, 2.45) is 0 Å². The van der Waals surface area contributed by atoms with Crippen LogP contribution in [0.25, 0.3) is 5.52 Å². The molecule has 7 nitrogen and oxygen atoms in total. The van der Waals surface area contributed by atoms with Gasteiger partial charge in [0.05, 0.1) is 31.4 Å². The Kier molecular flexibility index (Phi) is 5.05. The fraction of sp³-hybridized carbons (Fsp3) is 0.176. The number of nitrogens with two attached hydrogens (primary N) is 1. The molecule has 0 radical (unpaired) electrons. The molecule has 0 spiro atoms. The number of hydrogen-bond donors (Lipinski definition) is 1. The minimum absolute atomic E-state index is 0.127. The van der Waals surface area contributed by atoms with Gasteiger partial charge in [-0.1, -0.05) is 11.8 Å². The summed E-state index contributed by atoms with van der Waals surface area (Å²) in [6.07, 6.45) is 1.25. The quantitative estimate of drug-likeness (QED) is 0.633. The van der Waals surface area contributed by atoms with E-state index in [1.165, 1.54) is 32.2 Å². The Hall–Kier alpha value is -3.06. The van der Waals surface area contributed by atoms with Crippen molar-refractivity contribution in [1.82, 2.24) is 14.6 Å². The second-order valence-electron chi connectivity index (χ2n) is 5.14. The molecule has 10 heteroatoms. The topological polar surface area (TPSA) is 83.9 Å². The lowest BCUT2D eigenvalue weighted by molar-refractivity contribution is 0.357. The molecule has 27 heavy (non-hydrogen) atoms. The molecule has 0 saturated carbocycles. The Morgan fingerprint density at radius 3 is 2.19 bits per heavy atom. The summed E-state index contributed by atoms with van der Waals surface area (Å²) in [5.41, 5.74) is 6.05. The molecule has 0 aliphatic heterocycles. The minimum Gasteiger partial charge on any atom is -0.493 e. The van der Waals surface area contributed by atoms with E-state index in [9.17, 15) is 8.78 Å². The first-order chi connectivity index (χ1) is 12.9. The zero-order valence-corrected chi connectivity index (χ0v) is 16.0. The van der Waals surface area contributed by atoms with Gasteiger partial charge in [-0.3, -0.25) is 0 Å².